The number of rotatable bonds is 7. The predicted octanol–water partition coefficient (Wildman–Crippen LogP) is 1.04. The lowest BCUT2D eigenvalue weighted by Gasteiger charge is -2.16. The first-order valence-corrected chi connectivity index (χ1v) is 6.23. The van der Waals surface area contributed by atoms with Crippen LogP contribution >= 0.6 is 11.3 Å². The molecule has 0 aliphatic carbocycles. The molecule has 0 radical (unpaired) electrons. The van der Waals surface area contributed by atoms with E-state index < -0.39 is 0 Å². The molecule has 0 saturated heterocycles. The highest BCUT2D eigenvalue weighted by Crippen LogP contribution is 2.21. The number of nitrogens with two attached hydrogens (primary N) is 1. The monoisotopic (exact) mass is 228 g/mol. The van der Waals surface area contributed by atoms with Gasteiger partial charge in [0.05, 0.1) is 0 Å². The van der Waals surface area contributed by atoms with Crippen LogP contribution in [0.1, 0.15) is 18.7 Å². The molecular weight excluding hydrogens is 208 g/mol. The molecular formula is C10H20N4S. The Kier molecular flexibility index (Phi) is 5.60. The summed E-state index contributed by atoms with van der Waals surface area (Å²) in [5, 5.41) is 4.38. The van der Waals surface area contributed by atoms with Gasteiger partial charge >= 0.3 is 0 Å². The average molecular weight is 228 g/mol. The molecule has 15 heavy (non-hydrogen) atoms. The van der Waals surface area contributed by atoms with Crippen LogP contribution in [0.5, 0.6) is 0 Å². The smallest absolute Gasteiger partial charge is 0.185 e. The Balaban J connectivity index is 2.47. The molecule has 0 fully saturated rings. The quantitative estimate of drug-likeness (QED) is 0.685. The summed E-state index contributed by atoms with van der Waals surface area (Å²) in [6, 6.07) is 0. The van der Waals surface area contributed by atoms with Gasteiger partial charge in [0.25, 0.3) is 0 Å². The second-order valence-electron chi connectivity index (χ2n) is 3.25. The zero-order valence-electron chi connectivity index (χ0n) is 9.49. The van der Waals surface area contributed by atoms with Gasteiger partial charge < -0.3 is 16.0 Å². The van der Waals surface area contributed by atoms with Gasteiger partial charge in [-0.3, -0.25) is 0 Å². The largest absolute Gasteiger partial charge is 0.349 e. The Bertz CT molecular complexity index is 270. The molecule has 0 aromatic carbocycles. The minimum atomic E-state index is 0.682. The van der Waals surface area contributed by atoms with Gasteiger partial charge in [-0.25, -0.2) is 4.98 Å². The SMILES string of the molecule is CCN(CC)c1ncc(CNCCN)s1. The van der Waals surface area contributed by atoms with Crippen molar-refractivity contribution in [1.82, 2.24) is 10.3 Å². The molecule has 0 atom stereocenters. The highest BCUT2D eigenvalue weighted by Gasteiger charge is 2.06. The van der Waals surface area contributed by atoms with Gasteiger partial charge in [-0.15, -0.1) is 11.3 Å². The highest BCUT2D eigenvalue weighted by molar-refractivity contribution is 7.15. The third-order valence-corrected chi connectivity index (χ3v) is 3.25. The molecule has 3 N–H and O–H groups in total. The molecule has 1 aromatic heterocycles. The van der Waals surface area contributed by atoms with Crippen molar-refractivity contribution < 1.29 is 0 Å². The van der Waals surface area contributed by atoms with Crippen molar-refractivity contribution >= 4 is 16.5 Å². The molecule has 0 aliphatic heterocycles. The van der Waals surface area contributed by atoms with Gasteiger partial charge in [-0.2, -0.15) is 0 Å². The fourth-order valence-corrected chi connectivity index (χ4v) is 2.34. The minimum Gasteiger partial charge on any atom is -0.349 e. The fourth-order valence-electron chi connectivity index (χ4n) is 1.33. The van der Waals surface area contributed by atoms with Crippen LogP contribution in [0.4, 0.5) is 5.13 Å². The molecule has 0 saturated carbocycles. The van der Waals surface area contributed by atoms with Gasteiger partial charge in [0.15, 0.2) is 5.13 Å². The number of nitrogens with zero attached hydrogens (tertiary/aromatic N) is 2. The van der Waals surface area contributed by atoms with Gasteiger partial charge in [-0.05, 0) is 13.8 Å². The molecule has 0 spiro atoms. The van der Waals surface area contributed by atoms with E-state index in [1.807, 2.05) is 6.20 Å². The predicted molar refractivity (Wildman–Crippen MR) is 66.4 cm³/mol. The Morgan fingerprint density at radius 2 is 2.20 bits per heavy atom. The molecule has 0 unspecified atom stereocenters. The van der Waals surface area contributed by atoms with E-state index in [-0.39, 0.29) is 0 Å². The van der Waals surface area contributed by atoms with Crippen LogP contribution in [-0.2, 0) is 6.54 Å². The number of aromatic nitrogens is 1. The van der Waals surface area contributed by atoms with Gasteiger partial charge in [0, 0.05) is 43.8 Å². The summed E-state index contributed by atoms with van der Waals surface area (Å²) in [5.74, 6) is 0. The van der Waals surface area contributed by atoms with Crippen molar-refractivity contribution in [3.05, 3.63) is 11.1 Å². The average Bonchev–Trinajstić information content (AvgIpc) is 2.69. The van der Waals surface area contributed by atoms with Crippen LogP contribution in [-0.4, -0.2) is 31.2 Å². The van der Waals surface area contributed by atoms with Crippen LogP contribution in [0.3, 0.4) is 0 Å². The summed E-state index contributed by atoms with van der Waals surface area (Å²) in [4.78, 5) is 7.94. The second kappa shape index (κ2) is 6.76. The van der Waals surface area contributed by atoms with Crippen LogP contribution in [0.25, 0.3) is 0 Å². The molecule has 1 heterocycles. The summed E-state index contributed by atoms with van der Waals surface area (Å²) in [6.45, 7) is 8.74. The maximum atomic E-state index is 5.41. The molecule has 86 valence electrons. The van der Waals surface area contributed by atoms with E-state index >= 15 is 0 Å². The van der Waals surface area contributed by atoms with Gasteiger partial charge in [-0.1, -0.05) is 0 Å². The van der Waals surface area contributed by atoms with E-state index in [0.717, 1.165) is 31.3 Å². The number of thiazole rings is 1. The summed E-state index contributed by atoms with van der Waals surface area (Å²) < 4.78 is 0. The van der Waals surface area contributed by atoms with E-state index in [1.165, 1.54) is 4.88 Å². The van der Waals surface area contributed by atoms with E-state index in [1.54, 1.807) is 11.3 Å². The van der Waals surface area contributed by atoms with Crippen molar-refractivity contribution in [1.29, 1.82) is 0 Å². The van der Waals surface area contributed by atoms with Crippen molar-refractivity contribution in [2.75, 3.05) is 31.1 Å². The van der Waals surface area contributed by atoms with Gasteiger partial charge in [0.1, 0.15) is 0 Å². The first-order chi connectivity index (χ1) is 7.31. The third-order valence-electron chi connectivity index (χ3n) is 2.20. The highest BCUT2D eigenvalue weighted by atomic mass is 32.1. The minimum absolute atomic E-state index is 0.682. The molecule has 0 amide bonds. The van der Waals surface area contributed by atoms with Crippen LogP contribution in [0, 0.1) is 0 Å². The molecule has 4 nitrogen and oxygen atoms in total. The van der Waals surface area contributed by atoms with E-state index in [9.17, 15) is 0 Å². The molecule has 5 heteroatoms. The van der Waals surface area contributed by atoms with Crippen molar-refractivity contribution in [2.45, 2.75) is 20.4 Å². The number of nitrogens with one attached hydrogen (secondary N) is 1. The van der Waals surface area contributed by atoms with Crippen molar-refractivity contribution in [3.8, 4) is 0 Å². The normalized spacial score (nSPS) is 10.6. The van der Waals surface area contributed by atoms with Crippen LogP contribution < -0.4 is 16.0 Å². The number of anilines is 1. The van der Waals surface area contributed by atoms with E-state index in [2.05, 4.69) is 29.0 Å². The molecule has 0 aliphatic rings. The zero-order chi connectivity index (χ0) is 11.1. The van der Waals surface area contributed by atoms with Crippen molar-refractivity contribution in [3.63, 3.8) is 0 Å². The number of hydrogen-bond donors (Lipinski definition) is 2. The standard InChI is InChI=1S/C10H20N4S/c1-3-14(4-2)10-13-8-9(15-10)7-12-6-5-11/h8,12H,3-7,11H2,1-2H3. The number of hydrogen-bond acceptors (Lipinski definition) is 5. The fraction of sp³-hybridized carbons (Fsp3) is 0.700. The molecule has 1 aromatic rings. The summed E-state index contributed by atoms with van der Waals surface area (Å²) >= 11 is 1.75. The third kappa shape index (κ3) is 3.77. The van der Waals surface area contributed by atoms with Crippen LogP contribution in [0.2, 0.25) is 0 Å². The lowest BCUT2D eigenvalue weighted by molar-refractivity contribution is 0.701. The second-order valence-corrected chi connectivity index (χ2v) is 4.34. The lowest BCUT2D eigenvalue weighted by atomic mass is 10.5. The maximum Gasteiger partial charge on any atom is 0.185 e. The summed E-state index contributed by atoms with van der Waals surface area (Å²) in [5.41, 5.74) is 5.41. The lowest BCUT2D eigenvalue weighted by Crippen LogP contribution is -2.21. The first kappa shape index (κ1) is 12.4. The van der Waals surface area contributed by atoms with Crippen LogP contribution in [0.15, 0.2) is 6.20 Å². The van der Waals surface area contributed by atoms with Gasteiger partial charge in [0.2, 0.25) is 0 Å². The molecule has 0 bridgehead atoms. The summed E-state index contributed by atoms with van der Waals surface area (Å²) in [6.07, 6.45) is 1.95. The Morgan fingerprint density at radius 1 is 1.47 bits per heavy atom. The maximum absolute atomic E-state index is 5.41. The molecule has 1 rings (SSSR count). The Labute approximate surface area is 95.5 Å². The topological polar surface area (TPSA) is 54.2 Å². The Hall–Kier alpha value is -0.650. The first-order valence-electron chi connectivity index (χ1n) is 5.42. The van der Waals surface area contributed by atoms with E-state index in [4.69, 9.17) is 5.73 Å². The van der Waals surface area contributed by atoms with E-state index in [0.29, 0.717) is 6.54 Å². The summed E-state index contributed by atoms with van der Waals surface area (Å²) in [7, 11) is 0. The van der Waals surface area contributed by atoms with Crippen molar-refractivity contribution in [2.24, 2.45) is 5.73 Å². The zero-order valence-corrected chi connectivity index (χ0v) is 10.3. The Morgan fingerprint density at radius 3 is 2.80 bits per heavy atom.